The number of carbonyl (C=O) groups excluding carboxylic acids is 1. The topological polar surface area (TPSA) is 63.2 Å². The lowest BCUT2D eigenvalue weighted by molar-refractivity contribution is -0.156. The summed E-state index contributed by atoms with van der Waals surface area (Å²) in [6, 6.07) is 49.3. The molecule has 1 aliphatic rings. The zero-order chi connectivity index (χ0) is 39.4. The van der Waals surface area contributed by atoms with Crippen LogP contribution in [0.5, 0.6) is 11.5 Å². The number of rotatable bonds is 24. The predicted molar refractivity (Wildman–Crippen MR) is 227 cm³/mol. The summed E-state index contributed by atoms with van der Waals surface area (Å²) < 4.78 is 30.5. The number of cyclic esters (lactones) is 1. The summed E-state index contributed by atoms with van der Waals surface area (Å²) in [6.07, 6.45) is 13.9. The molecule has 0 amide bonds. The Bertz CT molecular complexity index is 1810. The quantitative estimate of drug-likeness (QED) is 0.0270. The smallest absolute Gasteiger partial charge is 0.334 e. The van der Waals surface area contributed by atoms with Gasteiger partial charge < -0.3 is 23.7 Å². The molecule has 0 bridgehead atoms. The number of hydrogen-bond acceptors (Lipinski definition) is 6. The van der Waals surface area contributed by atoms with Gasteiger partial charge in [-0.1, -0.05) is 172 Å². The minimum atomic E-state index is -0.876. The Morgan fingerprint density at radius 3 is 1.63 bits per heavy atom. The van der Waals surface area contributed by atoms with Gasteiger partial charge in [0.25, 0.3) is 0 Å². The number of ether oxygens (including phenoxy) is 5. The second-order valence-electron chi connectivity index (χ2n) is 15.0. The van der Waals surface area contributed by atoms with Crippen LogP contribution in [0.25, 0.3) is 0 Å². The molecule has 1 fully saturated rings. The van der Waals surface area contributed by atoms with Crippen LogP contribution in [-0.2, 0) is 31.2 Å². The van der Waals surface area contributed by atoms with E-state index in [-0.39, 0.29) is 19.2 Å². The van der Waals surface area contributed by atoms with E-state index < -0.39 is 11.2 Å². The van der Waals surface area contributed by atoms with Gasteiger partial charge in [0.1, 0.15) is 23.7 Å². The molecular weight excluding hydrogens is 709 g/mol. The summed E-state index contributed by atoms with van der Waals surface area (Å²) >= 11 is 0. The van der Waals surface area contributed by atoms with Crippen molar-refractivity contribution in [1.82, 2.24) is 0 Å². The molecule has 0 saturated carbocycles. The molecule has 5 aromatic carbocycles. The monoisotopic (exact) mass is 766 g/mol. The molecule has 5 aromatic rings. The van der Waals surface area contributed by atoms with E-state index in [1.807, 2.05) is 54.6 Å². The van der Waals surface area contributed by atoms with Crippen LogP contribution in [0.15, 0.2) is 157 Å². The maximum Gasteiger partial charge on any atom is 0.334 e. The number of allylic oxidation sites excluding steroid dienone is 1. The minimum Gasteiger partial charge on any atom is -0.497 e. The van der Waals surface area contributed by atoms with E-state index in [0.29, 0.717) is 31.0 Å². The SMILES string of the molecule is COc1ccc(OCC2(COCc3ccccc3)C/C(=C\CCCCCCCCCCCOC(c3ccccc3)(c3ccccc3)c3ccccc3)C(=O)O2)cc1. The zero-order valence-corrected chi connectivity index (χ0v) is 33.5. The van der Waals surface area contributed by atoms with E-state index in [2.05, 4.69) is 97.1 Å². The van der Waals surface area contributed by atoms with Gasteiger partial charge in [-0.15, -0.1) is 0 Å². The molecule has 6 rings (SSSR count). The van der Waals surface area contributed by atoms with Gasteiger partial charge in [-0.25, -0.2) is 4.79 Å². The standard InChI is InChI=1S/C51H58O6/c1-53-47-33-35-48(36-34-47)55-41-50(40-54-39-42-24-14-10-15-25-42)38-43(49(52)57-50)26-16-8-6-4-2-3-5-7-9-23-37-56-51(44-27-17-11-18-28-44,45-29-19-12-20-30-45)46-31-21-13-22-32-46/h10-15,17-22,24-36H,2-9,16,23,37-41H2,1H3/b43-26+. The number of esters is 1. The van der Waals surface area contributed by atoms with Crippen molar-refractivity contribution < 1.29 is 28.5 Å². The van der Waals surface area contributed by atoms with Crippen LogP contribution in [0.2, 0.25) is 0 Å². The summed E-state index contributed by atoms with van der Waals surface area (Å²) in [4.78, 5) is 13.1. The van der Waals surface area contributed by atoms with Gasteiger partial charge in [-0.05, 0) is 65.8 Å². The van der Waals surface area contributed by atoms with Crippen molar-refractivity contribution in [3.63, 3.8) is 0 Å². The lowest BCUT2D eigenvalue weighted by Crippen LogP contribution is -2.40. The van der Waals surface area contributed by atoms with E-state index in [4.69, 9.17) is 23.7 Å². The Morgan fingerprint density at radius 2 is 1.09 bits per heavy atom. The maximum absolute atomic E-state index is 13.1. The summed E-state index contributed by atoms with van der Waals surface area (Å²) in [6.45, 7) is 1.60. The summed E-state index contributed by atoms with van der Waals surface area (Å²) in [7, 11) is 1.64. The van der Waals surface area contributed by atoms with Crippen LogP contribution in [-0.4, -0.2) is 38.5 Å². The molecule has 1 aliphatic heterocycles. The largest absolute Gasteiger partial charge is 0.497 e. The molecule has 6 heteroatoms. The Labute approximate surface area is 339 Å². The highest BCUT2D eigenvalue weighted by Crippen LogP contribution is 2.40. The van der Waals surface area contributed by atoms with Crippen LogP contribution in [0.4, 0.5) is 0 Å². The first kappa shape index (κ1) is 41.5. The lowest BCUT2D eigenvalue weighted by atomic mass is 9.80. The second-order valence-corrected chi connectivity index (χ2v) is 15.0. The van der Waals surface area contributed by atoms with Crippen LogP contribution in [0.3, 0.4) is 0 Å². The molecule has 1 unspecified atom stereocenters. The maximum atomic E-state index is 13.1. The molecule has 0 aliphatic carbocycles. The summed E-state index contributed by atoms with van der Waals surface area (Å²) in [5.74, 6) is 1.17. The Morgan fingerprint density at radius 1 is 0.596 bits per heavy atom. The van der Waals surface area contributed by atoms with Gasteiger partial charge in [0.15, 0.2) is 5.60 Å². The fourth-order valence-electron chi connectivity index (χ4n) is 7.65. The summed E-state index contributed by atoms with van der Waals surface area (Å²) in [5, 5.41) is 0. The van der Waals surface area contributed by atoms with Gasteiger partial charge in [0.2, 0.25) is 0 Å². The third kappa shape index (κ3) is 11.9. The average molecular weight is 767 g/mol. The molecule has 0 N–H and O–H groups in total. The van der Waals surface area contributed by atoms with Crippen molar-refractivity contribution in [3.05, 3.63) is 179 Å². The lowest BCUT2D eigenvalue weighted by Gasteiger charge is -2.36. The van der Waals surface area contributed by atoms with Gasteiger partial charge in [-0.2, -0.15) is 0 Å². The van der Waals surface area contributed by atoms with Gasteiger partial charge in [0.05, 0.1) is 20.3 Å². The summed E-state index contributed by atoms with van der Waals surface area (Å²) in [5.41, 5.74) is 3.71. The van der Waals surface area contributed by atoms with Crippen molar-refractivity contribution in [2.75, 3.05) is 26.9 Å². The molecule has 0 spiro atoms. The van der Waals surface area contributed by atoms with Gasteiger partial charge in [-0.3, -0.25) is 0 Å². The van der Waals surface area contributed by atoms with Crippen molar-refractivity contribution in [2.24, 2.45) is 0 Å². The van der Waals surface area contributed by atoms with Crippen LogP contribution in [0, 0.1) is 0 Å². The molecule has 1 atom stereocenters. The first-order valence-electron chi connectivity index (χ1n) is 20.7. The Balaban J connectivity index is 0.898. The van der Waals surface area contributed by atoms with Crippen molar-refractivity contribution >= 4 is 5.97 Å². The van der Waals surface area contributed by atoms with Crippen molar-refractivity contribution in [1.29, 1.82) is 0 Å². The fraction of sp³-hybridized carbons (Fsp3) is 0.353. The highest BCUT2D eigenvalue weighted by atomic mass is 16.6. The van der Waals surface area contributed by atoms with Crippen LogP contribution >= 0.6 is 0 Å². The molecule has 6 nitrogen and oxygen atoms in total. The first-order valence-corrected chi connectivity index (χ1v) is 20.7. The predicted octanol–water partition coefficient (Wildman–Crippen LogP) is 11.8. The number of methoxy groups -OCH3 is 1. The highest BCUT2D eigenvalue weighted by molar-refractivity contribution is 5.91. The third-order valence-corrected chi connectivity index (χ3v) is 10.7. The fourth-order valence-corrected chi connectivity index (χ4v) is 7.65. The van der Waals surface area contributed by atoms with Crippen LogP contribution in [0.1, 0.15) is 92.9 Å². The number of carbonyl (C=O) groups is 1. The van der Waals surface area contributed by atoms with Gasteiger partial charge in [0, 0.05) is 18.6 Å². The molecule has 1 heterocycles. The minimum absolute atomic E-state index is 0.208. The van der Waals surface area contributed by atoms with E-state index in [1.165, 1.54) is 32.1 Å². The normalized spacial score (nSPS) is 16.1. The van der Waals surface area contributed by atoms with Crippen molar-refractivity contribution in [3.8, 4) is 11.5 Å². The Hall–Kier alpha value is -5.17. The molecule has 57 heavy (non-hydrogen) atoms. The number of unbranched alkanes of at least 4 members (excludes halogenated alkanes) is 9. The highest BCUT2D eigenvalue weighted by Gasteiger charge is 2.45. The van der Waals surface area contributed by atoms with E-state index >= 15 is 0 Å². The van der Waals surface area contributed by atoms with Crippen LogP contribution < -0.4 is 9.47 Å². The van der Waals surface area contributed by atoms with E-state index in [9.17, 15) is 4.79 Å². The number of hydrogen-bond donors (Lipinski definition) is 0. The number of benzene rings is 5. The second kappa shape index (κ2) is 21.9. The van der Waals surface area contributed by atoms with E-state index in [1.54, 1.807) is 7.11 Å². The van der Waals surface area contributed by atoms with E-state index in [0.717, 1.165) is 60.1 Å². The first-order chi connectivity index (χ1) is 28.1. The molecule has 0 aromatic heterocycles. The third-order valence-electron chi connectivity index (χ3n) is 10.7. The average Bonchev–Trinajstić information content (AvgIpc) is 3.59. The molecule has 1 saturated heterocycles. The Kier molecular flexibility index (Phi) is 16.0. The molecular formula is C51H58O6. The zero-order valence-electron chi connectivity index (χ0n) is 33.5. The molecule has 298 valence electrons. The van der Waals surface area contributed by atoms with Gasteiger partial charge >= 0.3 is 5.97 Å². The van der Waals surface area contributed by atoms with Crippen molar-refractivity contribution in [2.45, 2.75) is 88.4 Å². The molecule has 0 radical (unpaired) electrons.